The van der Waals surface area contributed by atoms with Crippen molar-refractivity contribution in [1.29, 1.82) is 0 Å². The highest BCUT2D eigenvalue weighted by Crippen LogP contribution is 2.17. The van der Waals surface area contributed by atoms with E-state index in [1.54, 1.807) is 6.07 Å². The van der Waals surface area contributed by atoms with Gasteiger partial charge in [-0.05, 0) is 41.8 Å². The van der Waals surface area contributed by atoms with Gasteiger partial charge in [-0.15, -0.1) is 0 Å². The van der Waals surface area contributed by atoms with E-state index in [-0.39, 0.29) is 18.3 Å². The van der Waals surface area contributed by atoms with Gasteiger partial charge in [0.15, 0.2) is 0 Å². The van der Waals surface area contributed by atoms with Crippen molar-refractivity contribution in [3.8, 4) is 0 Å². The SMILES string of the molecule is O=C(Cn1ccc2ccc(F)cc21)N1CCN(CCc2ccccn2)CC1. The molecule has 4 rings (SSSR count). The first-order chi connectivity index (χ1) is 13.2. The van der Waals surface area contributed by atoms with Crippen molar-refractivity contribution < 1.29 is 9.18 Å². The fourth-order valence-electron chi connectivity index (χ4n) is 3.58. The van der Waals surface area contributed by atoms with Gasteiger partial charge in [-0.25, -0.2) is 4.39 Å². The van der Waals surface area contributed by atoms with Crippen LogP contribution in [0.3, 0.4) is 0 Å². The maximum Gasteiger partial charge on any atom is 0.242 e. The maximum absolute atomic E-state index is 13.5. The summed E-state index contributed by atoms with van der Waals surface area (Å²) in [4.78, 5) is 21.3. The van der Waals surface area contributed by atoms with Crippen molar-refractivity contribution in [1.82, 2.24) is 19.4 Å². The Morgan fingerprint density at radius 2 is 1.93 bits per heavy atom. The van der Waals surface area contributed by atoms with Crippen LogP contribution in [0.15, 0.2) is 54.9 Å². The second-order valence-electron chi connectivity index (χ2n) is 6.94. The lowest BCUT2D eigenvalue weighted by Gasteiger charge is -2.34. The van der Waals surface area contributed by atoms with Crippen molar-refractivity contribution >= 4 is 16.8 Å². The highest BCUT2D eigenvalue weighted by molar-refractivity contribution is 5.83. The van der Waals surface area contributed by atoms with E-state index in [1.807, 2.05) is 46.1 Å². The predicted octanol–water partition coefficient (Wildman–Crippen LogP) is 2.56. The number of hydrogen-bond donors (Lipinski definition) is 0. The maximum atomic E-state index is 13.5. The molecule has 0 unspecified atom stereocenters. The number of halogens is 1. The van der Waals surface area contributed by atoms with E-state index in [1.165, 1.54) is 12.1 Å². The number of hydrogen-bond acceptors (Lipinski definition) is 3. The van der Waals surface area contributed by atoms with Crippen molar-refractivity contribution in [3.05, 3.63) is 66.4 Å². The summed E-state index contributed by atoms with van der Waals surface area (Å²) in [5, 5.41) is 0.948. The molecule has 6 heteroatoms. The molecule has 1 fully saturated rings. The zero-order valence-corrected chi connectivity index (χ0v) is 15.2. The summed E-state index contributed by atoms with van der Waals surface area (Å²) in [6.07, 6.45) is 4.60. The second-order valence-corrected chi connectivity index (χ2v) is 6.94. The number of fused-ring (bicyclic) bond motifs is 1. The van der Waals surface area contributed by atoms with Crippen molar-refractivity contribution in [2.24, 2.45) is 0 Å². The van der Waals surface area contributed by atoms with Gasteiger partial charge in [0, 0.05) is 57.2 Å². The van der Waals surface area contributed by atoms with E-state index in [2.05, 4.69) is 9.88 Å². The van der Waals surface area contributed by atoms with Gasteiger partial charge in [0.1, 0.15) is 12.4 Å². The van der Waals surface area contributed by atoms with Crippen molar-refractivity contribution in [2.75, 3.05) is 32.7 Å². The van der Waals surface area contributed by atoms with Crippen molar-refractivity contribution in [2.45, 2.75) is 13.0 Å². The minimum Gasteiger partial charge on any atom is -0.339 e. The minimum absolute atomic E-state index is 0.0844. The highest BCUT2D eigenvalue weighted by atomic mass is 19.1. The largest absolute Gasteiger partial charge is 0.339 e. The van der Waals surface area contributed by atoms with E-state index in [0.717, 1.165) is 55.7 Å². The van der Waals surface area contributed by atoms with Crippen LogP contribution in [-0.2, 0) is 17.8 Å². The molecule has 0 spiro atoms. The van der Waals surface area contributed by atoms with Crippen molar-refractivity contribution in [3.63, 3.8) is 0 Å². The molecule has 5 nitrogen and oxygen atoms in total. The fraction of sp³-hybridized carbons (Fsp3) is 0.333. The monoisotopic (exact) mass is 366 g/mol. The molecule has 1 aromatic carbocycles. The first kappa shape index (κ1) is 17.7. The summed E-state index contributed by atoms with van der Waals surface area (Å²) in [6.45, 7) is 4.42. The number of amides is 1. The Kier molecular flexibility index (Phi) is 5.16. The Balaban J connectivity index is 1.30. The van der Waals surface area contributed by atoms with Gasteiger partial charge in [-0.2, -0.15) is 0 Å². The molecule has 1 amide bonds. The highest BCUT2D eigenvalue weighted by Gasteiger charge is 2.21. The van der Waals surface area contributed by atoms with E-state index in [4.69, 9.17) is 0 Å². The third kappa shape index (κ3) is 4.17. The summed E-state index contributed by atoms with van der Waals surface area (Å²) in [6, 6.07) is 12.6. The van der Waals surface area contributed by atoms with Crippen LogP contribution in [0, 0.1) is 5.82 Å². The van der Waals surface area contributed by atoms with Gasteiger partial charge < -0.3 is 9.47 Å². The van der Waals surface area contributed by atoms with Crippen LogP contribution >= 0.6 is 0 Å². The van der Waals surface area contributed by atoms with Crippen LogP contribution in [0.2, 0.25) is 0 Å². The summed E-state index contributed by atoms with van der Waals surface area (Å²) in [5.41, 5.74) is 1.86. The number of rotatable bonds is 5. The van der Waals surface area contributed by atoms with E-state index >= 15 is 0 Å². The third-order valence-corrected chi connectivity index (χ3v) is 5.18. The van der Waals surface area contributed by atoms with E-state index in [9.17, 15) is 9.18 Å². The number of carbonyl (C=O) groups excluding carboxylic acids is 1. The first-order valence-corrected chi connectivity index (χ1v) is 9.33. The summed E-state index contributed by atoms with van der Waals surface area (Å²) < 4.78 is 15.3. The second kappa shape index (κ2) is 7.88. The molecular formula is C21H23FN4O. The molecule has 0 aliphatic carbocycles. The standard InChI is InChI=1S/C21H23FN4O/c22-18-5-4-17-6-10-26(20(17)15-18)16-21(27)25-13-11-24(12-14-25)9-7-19-3-1-2-8-23-19/h1-6,8,10,15H,7,9,11-14,16H2. The number of carbonyl (C=O) groups is 1. The number of nitrogens with zero attached hydrogens (tertiary/aromatic N) is 4. The topological polar surface area (TPSA) is 41.4 Å². The number of piperazine rings is 1. The molecule has 1 aliphatic rings. The van der Waals surface area contributed by atoms with Gasteiger partial charge in [0.25, 0.3) is 0 Å². The average molecular weight is 366 g/mol. The molecule has 0 atom stereocenters. The Hall–Kier alpha value is -2.73. The Bertz CT molecular complexity index is 916. The first-order valence-electron chi connectivity index (χ1n) is 9.33. The van der Waals surface area contributed by atoms with Crippen LogP contribution in [-0.4, -0.2) is 58.0 Å². The van der Waals surface area contributed by atoms with Gasteiger partial charge in [0.05, 0.1) is 5.52 Å². The molecule has 3 heterocycles. The Labute approximate surface area is 158 Å². The summed E-state index contributed by atoms with van der Waals surface area (Å²) in [5.74, 6) is -0.197. The molecule has 0 bridgehead atoms. The van der Waals surface area contributed by atoms with Crippen LogP contribution in [0.5, 0.6) is 0 Å². The van der Waals surface area contributed by atoms with E-state index < -0.39 is 0 Å². The summed E-state index contributed by atoms with van der Waals surface area (Å²) >= 11 is 0. The van der Waals surface area contributed by atoms with Gasteiger partial charge in [-0.1, -0.05) is 6.07 Å². The molecule has 0 saturated carbocycles. The third-order valence-electron chi connectivity index (χ3n) is 5.18. The minimum atomic E-state index is -0.281. The van der Waals surface area contributed by atoms with Crippen LogP contribution in [0.25, 0.3) is 10.9 Å². The van der Waals surface area contributed by atoms with Crippen LogP contribution in [0.1, 0.15) is 5.69 Å². The molecule has 3 aromatic rings. The zero-order valence-electron chi connectivity index (χ0n) is 15.2. The molecule has 0 N–H and O–H groups in total. The fourth-order valence-corrected chi connectivity index (χ4v) is 3.58. The number of aromatic nitrogens is 2. The molecule has 1 aliphatic heterocycles. The van der Waals surface area contributed by atoms with Gasteiger partial charge >= 0.3 is 0 Å². The Morgan fingerprint density at radius 3 is 2.70 bits per heavy atom. The van der Waals surface area contributed by atoms with Crippen LogP contribution in [0.4, 0.5) is 4.39 Å². The molecule has 1 saturated heterocycles. The van der Waals surface area contributed by atoms with E-state index in [0.29, 0.717) is 0 Å². The quantitative estimate of drug-likeness (QED) is 0.697. The molecule has 27 heavy (non-hydrogen) atoms. The smallest absolute Gasteiger partial charge is 0.242 e. The van der Waals surface area contributed by atoms with Gasteiger partial charge in [0.2, 0.25) is 5.91 Å². The Morgan fingerprint density at radius 1 is 1.07 bits per heavy atom. The molecule has 140 valence electrons. The predicted molar refractivity (Wildman–Crippen MR) is 103 cm³/mol. The lowest BCUT2D eigenvalue weighted by molar-refractivity contribution is -0.133. The summed E-state index contributed by atoms with van der Waals surface area (Å²) in [7, 11) is 0. The number of benzene rings is 1. The average Bonchev–Trinajstić information content (AvgIpc) is 3.09. The normalized spacial score (nSPS) is 15.4. The van der Waals surface area contributed by atoms with Gasteiger partial charge in [-0.3, -0.25) is 14.7 Å². The van der Waals surface area contributed by atoms with Crippen LogP contribution < -0.4 is 0 Å². The molecule has 0 radical (unpaired) electrons. The lowest BCUT2D eigenvalue weighted by atomic mass is 10.2. The zero-order chi connectivity index (χ0) is 18.6. The lowest BCUT2D eigenvalue weighted by Crippen LogP contribution is -2.49. The number of pyridine rings is 1. The molecule has 2 aromatic heterocycles. The molecular weight excluding hydrogens is 343 g/mol.